The zero-order chi connectivity index (χ0) is 23.1. The van der Waals surface area contributed by atoms with Crippen LogP contribution in [-0.4, -0.2) is 35.6 Å². The molecule has 0 fully saturated rings. The molecule has 4 heterocycles. The molecule has 1 amide bonds. The zero-order valence-electron chi connectivity index (χ0n) is 18.0. The first kappa shape index (κ1) is 21.0. The highest BCUT2D eigenvalue weighted by molar-refractivity contribution is 6.31. The molecule has 0 aliphatic heterocycles. The van der Waals surface area contributed by atoms with Crippen molar-refractivity contribution in [3.05, 3.63) is 64.2 Å². The molecule has 1 aromatic carbocycles. The molecule has 168 valence electrons. The lowest BCUT2D eigenvalue weighted by atomic mass is 10.1. The van der Waals surface area contributed by atoms with E-state index in [1.807, 2.05) is 29.7 Å². The van der Waals surface area contributed by atoms with Crippen molar-refractivity contribution in [1.82, 2.24) is 35.0 Å². The van der Waals surface area contributed by atoms with Gasteiger partial charge in [-0.15, -0.1) is 0 Å². The van der Waals surface area contributed by atoms with Crippen molar-refractivity contribution >= 4 is 45.4 Å². The maximum absolute atomic E-state index is 12.7. The second-order valence-corrected chi connectivity index (χ2v) is 8.16. The summed E-state index contributed by atoms with van der Waals surface area (Å²) in [7, 11) is 0. The minimum absolute atomic E-state index is 0.218. The van der Waals surface area contributed by atoms with Crippen LogP contribution in [0, 0.1) is 6.92 Å². The van der Waals surface area contributed by atoms with Crippen LogP contribution < -0.4 is 11.1 Å². The Morgan fingerprint density at radius 3 is 2.94 bits per heavy atom. The fraction of sp³-hybridized carbons (Fsp3) is 0.227. The SMILES string of the molecule is CCc1noc(C)c1C(=O)NCc1cc2cc(Cl)cc(Cn3cnc4c(N)ncnc43)c2[nH]1. The van der Waals surface area contributed by atoms with Gasteiger partial charge >= 0.3 is 0 Å². The highest BCUT2D eigenvalue weighted by Crippen LogP contribution is 2.27. The number of carbonyl (C=O) groups is 1. The average Bonchev–Trinajstić information content (AvgIpc) is 3.49. The Kier molecular flexibility index (Phi) is 5.21. The lowest BCUT2D eigenvalue weighted by Crippen LogP contribution is -2.24. The van der Waals surface area contributed by atoms with E-state index in [4.69, 9.17) is 21.9 Å². The number of nitrogens with zero attached hydrogens (tertiary/aromatic N) is 5. The van der Waals surface area contributed by atoms with Crippen LogP contribution >= 0.6 is 11.6 Å². The van der Waals surface area contributed by atoms with E-state index in [0.29, 0.717) is 58.5 Å². The quantitative estimate of drug-likeness (QED) is 0.349. The van der Waals surface area contributed by atoms with Crippen LogP contribution in [0.4, 0.5) is 5.82 Å². The molecule has 0 saturated carbocycles. The molecule has 11 heteroatoms. The molecule has 0 unspecified atom stereocenters. The minimum atomic E-state index is -0.218. The predicted molar refractivity (Wildman–Crippen MR) is 124 cm³/mol. The third kappa shape index (κ3) is 3.78. The Bertz CT molecular complexity index is 1500. The van der Waals surface area contributed by atoms with E-state index in [-0.39, 0.29) is 5.91 Å². The summed E-state index contributed by atoms with van der Waals surface area (Å²) in [6.07, 6.45) is 3.72. The molecule has 0 radical (unpaired) electrons. The van der Waals surface area contributed by atoms with Crippen molar-refractivity contribution in [3.8, 4) is 0 Å². The van der Waals surface area contributed by atoms with Gasteiger partial charge in [0.2, 0.25) is 0 Å². The van der Waals surface area contributed by atoms with E-state index >= 15 is 0 Å². The lowest BCUT2D eigenvalue weighted by molar-refractivity contribution is 0.0948. The Labute approximate surface area is 193 Å². The van der Waals surface area contributed by atoms with Gasteiger partial charge in [0.05, 0.1) is 30.6 Å². The van der Waals surface area contributed by atoms with E-state index in [0.717, 1.165) is 22.2 Å². The summed E-state index contributed by atoms with van der Waals surface area (Å²) in [5, 5.41) is 8.43. The van der Waals surface area contributed by atoms with Gasteiger partial charge in [0, 0.05) is 16.1 Å². The molecule has 5 rings (SSSR count). The Morgan fingerprint density at radius 1 is 1.27 bits per heavy atom. The smallest absolute Gasteiger partial charge is 0.257 e. The second kappa shape index (κ2) is 8.21. The van der Waals surface area contributed by atoms with Crippen molar-refractivity contribution in [3.63, 3.8) is 0 Å². The van der Waals surface area contributed by atoms with Gasteiger partial charge < -0.3 is 25.1 Å². The van der Waals surface area contributed by atoms with Crippen LogP contribution in [0.3, 0.4) is 0 Å². The number of hydrogen-bond acceptors (Lipinski definition) is 7. The highest BCUT2D eigenvalue weighted by Gasteiger charge is 2.19. The number of benzene rings is 1. The number of aromatic nitrogens is 6. The molecule has 10 nitrogen and oxygen atoms in total. The number of aryl methyl sites for hydroxylation is 2. The van der Waals surface area contributed by atoms with Crippen molar-refractivity contribution in [2.75, 3.05) is 5.73 Å². The summed E-state index contributed by atoms with van der Waals surface area (Å²) in [5.74, 6) is 0.624. The van der Waals surface area contributed by atoms with Gasteiger partial charge in [0.1, 0.15) is 23.2 Å². The van der Waals surface area contributed by atoms with Gasteiger partial charge in [0.25, 0.3) is 5.91 Å². The average molecular weight is 465 g/mol. The van der Waals surface area contributed by atoms with Gasteiger partial charge in [-0.05, 0) is 37.1 Å². The van der Waals surface area contributed by atoms with Crippen LogP contribution in [0.25, 0.3) is 22.1 Å². The minimum Gasteiger partial charge on any atom is -0.382 e. The number of nitrogens with two attached hydrogens (primary N) is 1. The monoisotopic (exact) mass is 464 g/mol. The number of nitrogen functional groups attached to an aromatic ring is 1. The van der Waals surface area contributed by atoms with Crippen molar-refractivity contribution < 1.29 is 9.32 Å². The number of hydrogen-bond donors (Lipinski definition) is 3. The number of halogens is 1. The van der Waals surface area contributed by atoms with E-state index in [2.05, 4.69) is 30.4 Å². The molecule has 5 aromatic rings. The van der Waals surface area contributed by atoms with Crippen molar-refractivity contribution in [1.29, 1.82) is 0 Å². The molecule has 4 N–H and O–H groups in total. The third-order valence-corrected chi connectivity index (χ3v) is 5.75. The zero-order valence-corrected chi connectivity index (χ0v) is 18.8. The van der Waals surface area contributed by atoms with Crippen LogP contribution in [0.5, 0.6) is 0 Å². The van der Waals surface area contributed by atoms with E-state index < -0.39 is 0 Å². The molecular weight excluding hydrogens is 444 g/mol. The first-order valence-electron chi connectivity index (χ1n) is 10.4. The molecule has 0 bridgehead atoms. The van der Waals surface area contributed by atoms with Crippen LogP contribution in [-0.2, 0) is 19.5 Å². The standard InChI is InChI=1S/C22H21ClN8O2/c1-3-16-17(11(2)33-30-16)22(32)25-7-15-6-12-4-14(23)5-13(18(12)29-15)8-31-10-28-19-20(24)26-9-27-21(19)31/h4-6,9-10,29H,3,7-8H2,1-2H3,(H,25,32)(H2,24,26,27). The topological polar surface area (TPSA) is 141 Å². The van der Waals surface area contributed by atoms with Gasteiger partial charge in [-0.2, -0.15) is 0 Å². The van der Waals surface area contributed by atoms with Gasteiger partial charge in [-0.1, -0.05) is 23.7 Å². The largest absolute Gasteiger partial charge is 0.382 e. The number of nitrogens with one attached hydrogen (secondary N) is 2. The number of H-pyrrole nitrogens is 1. The predicted octanol–water partition coefficient (Wildman–Crippen LogP) is 3.38. The van der Waals surface area contributed by atoms with Crippen LogP contribution in [0.15, 0.2) is 35.4 Å². The number of amides is 1. The first-order chi connectivity index (χ1) is 15.9. The van der Waals surface area contributed by atoms with E-state index in [1.54, 1.807) is 13.3 Å². The Morgan fingerprint density at radius 2 is 2.12 bits per heavy atom. The fourth-order valence-corrected chi connectivity index (χ4v) is 4.22. The Hall–Kier alpha value is -3.92. The van der Waals surface area contributed by atoms with E-state index in [1.165, 1.54) is 6.33 Å². The maximum Gasteiger partial charge on any atom is 0.257 e. The summed E-state index contributed by atoms with van der Waals surface area (Å²) in [6, 6.07) is 5.75. The number of anilines is 1. The van der Waals surface area contributed by atoms with Gasteiger partial charge in [-0.3, -0.25) is 4.79 Å². The lowest BCUT2D eigenvalue weighted by Gasteiger charge is -2.07. The molecule has 0 spiro atoms. The molecule has 0 atom stereocenters. The normalized spacial score (nSPS) is 11.5. The molecule has 0 aliphatic rings. The van der Waals surface area contributed by atoms with Crippen LogP contribution in [0.2, 0.25) is 5.02 Å². The summed E-state index contributed by atoms with van der Waals surface area (Å²) in [6.45, 7) is 4.46. The van der Waals surface area contributed by atoms with Crippen LogP contribution in [0.1, 0.15) is 40.0 Å². The van der Waals surface area contributed by atoms with Gasteiger partial charge in [-0.25, -0.2) is 15.0 Å². The fourth-order valence-electron chi connectivity index (χ4n) is 3.97. The molecule has 0 saturated heterocycles. The summed E-state index contributed by atoms with van der Waals surface area (Å²) < 4.78 is 7.06. The number of rotatable bonds is 6. The van der Waals surface area contributed by atoms with E-state index in [9.17, 15) is 4.79 Å². The molecule has 0 aliphatic carbocycles. The number of carbonyl (C=O) groups excluding carboxylic acids is 1. The number of aromatic amines is 1. The highest BCUT2D eigenvalue weighted by atomic mass is 35.5. The maximum atomic E-state index is 12.7. The van der Waals surface area contributed by atoms with Crippen molar-refractivity contribution in [2.24, 2.45) is 0 Å². The third-order valence-electron chi connectivity index (χ3n) is 5.54. The first-order valence-corrected chi connectivity index (χ1v) is 10.8. The number of imidazole rings is 1. The summed E-state index contributed by atoms with van der Waals surface area (Å²) in [4.78, 5) is 28.7. The molecule has 33 heavy (non-hydrogen) atoms. The van der Waals surface area contributed by atoms with Crippen molar-refractivity contribution in [2.45, 2.75) is 33.4 Å². The molecular formula is C22H21ClN8O2. The molecule has 4 aromatic heterocycles. The Balaban J connectivity index is 1.42. The van der Waals surface area contributed by atoms with Gasteiger partial charge in [0.15, 0.2) is 11.5 Å². The number of fused-ring (bicyclic) bond motifs is 2. The summed E-state index contributed by atoms with van der Waals surface area (Å²) >= 11 is 6.39. The summed E-state index contributed by atoms with van der Waals surface area (Å²) in [5.41, 5.74) is 11.0. The second-order valence-electron chi connectivity index (χ2n) is 7.72.